The highest BCUT2D eigenvalue weighted by molar-refractivity contribution is 6.31. The molecular formula is C37H42N4O13. The van der Waals surface area contributed by atoms with E-state index in [2.05, 4.69) is 10.5 Å². The fourth-order valence-electron chi connectivity index (χ4n) is 7.47. The van der Waals surface area contributed by atoms with Crippen molar-refractivity contribution in [2.75, 3.05) is 20.3 Å². The number of phenols is 2. The van der Waals surface area contributed by atoms with Crippen molar-refractivity contribution in [3.8, 4) is 17.2 Å². The minimum Gasteiger partial charge on any atom is -0.507 e. The number of aromatic hydroxyl groups is 2. The first kappa shape index (κ1) is 38.7. The summed E-state index contributed by atoms with van der Waals surface area (Å²) >= 11 is 0. The van der Waals surface area contributed by atoms with Gasteiger partial charge in [0.05, 0.1) is 54.4 Å². The summed E-state index contributed by atoms with van der Waals surface area (Å²) in [5, 5.41) is 60.5. The number of methoxy groups -OCH3 is 1. The van der Waals surface area contributed by atoms with Crippen molar-refractivity contribution >= 4 is 35.0 Å². The Morgan fingerprint density at radius 3 is 2.43 bits per heavy atom. The van der Waals surface area contributed by atoms with Gasteiger partial charge in [0.25, 0.3) is 11.8 Å². The lowest BCUT2D eigenvalue weighted by molar-refractivity contribution is -0.245. The molecule has 54 heavy (non-hydrogen) atoms. The van der Waals surface area contributed by atoms with Crippen LogP contribution in [0.5, 0.6) is 17.2 Å². The number of carbonyl (C=O) groups is 5. The number of nitrogens with two attached hydrogens (primary N) is 1. The number of imide groups is 1. The number of aliphatic hydroxyl groups excluding tert-OH is 2. The summed E-state index contributed by atoms with van der Waals surface area (Å²) in [6.07, 6.45) is -1.56. The molecule has 2 aliphatic heterocycles. The third kappa shape index (κ3) is 7.01. The van der Waals surface area contributed by atoms with Gasteiger partial charge in [-0.05, 0) is 25.8 Å². The Hall–Kier alpha value is -5.04. The Balaban J connectivity index is 1.29. The number of carbonyl (C=O) groups excluding carboxylic acids is 5. The van der Waals surface area contributed by atoms with Crippen LogP contribution in [0.4, 0.5) is 0 Å². The van der Waals surface area contributed by atoms with E-state index in [1.165, 1.54) is 37.5 Å². The van der Waals surface area contributed by atoms with Crippen LogP contribution in [0.25, 0.3) is 0 Å². The number of aliphatic hydroxyl groups is 3. The second-order valence-corrected chi connectivity index (χ2v) is 13.8. The number of phenolic OH excluding ortho intramolecular Hbond substituents is 2. The summed E-state index contributed by atoms with van der Waals surface area (Å²) < 4.78 is 17.4. The molecule has 6 rings (SSSR count). The van der Waals surface area contributed by atoms with E-state index in [0.29, 0.717) is 19.3 Å². The molecule has 2 aliphatic carbocycles. The summed E-state index contributed by atoms with van der Waals surface area (Å²) in [5.74, 6) is -4.25. The zero-order chi connectivity index (χ0) is 39.1. The second-order valence-electron chi connectivity index (χ2n) is 13.8. The first-order valence-electron chi connectivity index (χ1n) is 17.5. The predicted molar refractivity (Wildman–Crippen MR) is 187 cm³/mol. The van der Waals surface area contributed by atoms with Crippen LogP contribution in [0.3, 0.4) is 0 Å². The molecule has 6 unspecified atom stereocenters. The van der Waals surface area contributed by atoms with Gasteiger partial charge in [-0.1, -0.05) is 18.6 Å². The van der Waals surface area contributed by atoms with Crippen molar-refractivity contribution in [2.24, 2.45) is 10.8 Å². The molecule has 0 radical (unpaired) electrons. The molecular weight excluding hydrogens is 708 g/mol. The number of fused-ring (bicyclic) bond motifs is 3. The van der Waals surface area contributed by atoms with Crippen LogP contribution >= 0.6 is 0 Å². The van der Waals surface area contributed by atoms with Crippen LogP contribution in [0.2, 0.25) is 0 Å². The van der Waals surface area contributed by atoms with Crippen LogP contribution in [0.1, 0.15) is 94.5 Å². The van der Waals surface area contributed by atoms with Gasteiger partial charge >= 0.3 is 0 Å². The molecule has 17 nitrogen and oxygen atoms in total. The summed E-state index contributed by atoms with van der Waals surface area (Å²) in [4.78, 5) is 65.1. The fourth-order valence-corrected chi connectivity index (χ4v) is 7.47. The molecule has 3 amide bonds. The number of nitrogens with zero attached hydrogens (tertiary/aromatic N) is 2. The lowest BCUT2D eigenvalue weighted by Gasteiger charge is -2.43. The van der Waals surface area contributed by atoms with Crippen LogP contribution < -0.4 is 15.9 Å². The quantitative estimate of drug-likeness (QED) is 0.0434. The van der Waals surface area contributed by atoms with Crippen molar-refractivity contribution in [1.29, 1.82) is 0 Å². The number of hydrazone groups is 1. The van der Waals surface area contributed by atoms with E-state index in [1.807, 2.05) is 0 Å². The maximum absolute atomic E-state index is 14.0. The zero-order valence-corrected chi connectivity index (χ0v) is 29.6. The number of amides is 3. The molecule has 4 aliphatic rings. The SMILES string of the molecule is COc1cccc2c1C(=O)c1c(O)c3c(c(O)c1C2=O)CC(O)(/C(CO)=N/NC(=O)CCCCCN1C(=O)C=CC1=O)CC3OC1CC(N)C(O)C(C)O1. The van der Waals surface area contributed by atoms with Gasteiger partial charge in [-0.3, -0.25) is 28.9 Å². The number of hydrogen-bond donors (Lipinski definition) is 7. The molecule has 2 aromatic rings. The smallest absolute Gasteiger partial charge is 0.253 e. The molecule has 288 valence electrons. The molecule has 1 fully saturated rings. The first-order valence-corrected chi connectivity index (χ1v) is 17.5. The zero-order valence-electron chi connectivity index (χ0n) is 29.6. The Labute approximate surface area is 309 Å². The predicted octanol–water partition coefficient (Wildman–Crippen LogP) is 0.390. The van der Waals surface area contributed by atoms with Crippen LogP contribution in [-0.4, -0.2) is 116 Å². The number of ether oxygens (including phenoxy) is 3. The Bertz CT molecular complexity index is 1930. The molecule has 17 heteroatoms. The van der Waals surface area contributed by atoms with Gasteiger partial charge in [0.1, 0.15) is 22.8 Å². The van der Waals surface area contributed by atoms with E-state index >= 15 is 0 Å². The first-order chi connectivity index (χ1) is 25.7. The minimum absolute atomic E-state index is 0.0120. The van der Waals surface area contributed by atoms with Gasteiger partial charge in [-0.15, -0.1) is 0 Å². The van der Waals surface area contributed by atoms with E-state index in [-0.39, 0.29) is 53.1 Å². The highest BCUT2D eigenvalue weighted by Crippen LogP contribution is 2.52. The highest BCUT2D eigenvalue weighted by atomic mass is 16.7. The Kier molecular flexibility index (Phi) is 11.0. The van der Waals surface area contributed by atoms with E-state index in [1.54, 1.807) is 6.92 Å². The maximum atomic E-state index is 14.0. The van der Waals surface area contributed by atoms with Gasteiger partial charge in [0.15, 0.2) is 12.1 Å². The minimum atomic E-state index is -2.16. The molecule has 0 aromatic heterocycles. The number of unbranched alkanes of at least 4 members (excludes halogenated alkanes) is 2. The van der Waals surface area contributed by atoms with Crippen LogP contribution in [-0.2, 0) is 30.3 Å². The number of hydrogen-bond acceptors (Lipinski definition) is 15. The normalized spacial score (nSPS) is 26.4. The van der Waals surface area contributed by atoms with E-state index < -0.39 is 108 Å². The molecule has 0 bridgehead atoms. The van der Waals surface area contributed by atoms with Crippen molar-refractivity contribution in [2.45, 2.75) is 88.1 Å². The van der Waals surface area contributed by atoms with Gasteiger partial charge in [-0.25, -0.2) is 5.43 Å². The van der Waals surface area contributed by atoms with Crippen LogP contribution in [0.15, 0.2) is 35.5 Å². The van der Waals surface area contributed by atoms with Gasteiger partial charge in [0, 0.05) is 67.1 Å². The van der Waals surface area contributed by atoms with E-state index in [9.17, 15) is 49.5 Å². The fraction of sp³-hybridized carbons (Fsp3) is 0.459. The molecule has 0 spiro atoms. The Morgan fingerprint density at radius 2 is 1.76 bits per heavy atom. The van der Waals surface area contributed by atoms with Gasteiger partial charge in [0.2, 0.25) is 11.7 Å². The van der Waals surface area contributed by atoms with Gasteiger partial charge in [-0.2, -0.15) is 5.10 Å². The molecule has 6 atom stereocenters. The number of ketones is 2. The average Bonchev–Trinajstić information content (AvgIpc) is 3.46. The van der Waals surface area contributed by atoms with E-state index in [4.69, 9.17) is 19.9 Å². The van der Waals surface area contributed by atoms with E-state index in [0.717, 1.165) is 4.90 Å². The number of nitrogens with one attached hydrogen (secondary N) is 1. The highest BCUT2D eigenvalue weighted by Gasteiger charge is 2.49. The summed E-state index contributed by atoms with van der Waals surface area (Å²) in [7, 11) is 1.32. The summed E-state index contributed by atoms with van der Waals surface area (Å²) in [6.45, 7) is 0.910. The summed E-state index contributed by atoms with van der Waals surface area (Å²) in [5.41, 5.74) is 4.46. The summed E-state index contributed by atoms with van der Waals surface area (Å²) in [6, 6.07) is 3.57. The van der Waals surface area contributed by atoms with Crippen molar-refractivity contribution in [3.05, 3.63) is 63.7 Å². The lowest BCUT2D eigenvalue weighted by atomic mass is 9.71. The molecule has 2 aromatic carbocycles. The molecule has 8 N–H and O–H groups in total. The monoisotopic (exact) mass is 750 g/mol. The second kappa shape index (κ2) is 15.4. The molecule has 2 heterocycles. The van der Waals surface area contributed by atoms with Crippen molar-refractivity contribution in [3.63, 3.8) is 0 Å². The Morgan fingerprint density at radius 1 is 1.06 bits per heavy atom. The van der Waals surface area contributed by atoms with Crippen molar-refractivity contribution < 1.29 is 63.7 Å². The average molecular weight is 751 g/mol. The standard InChI is InChI=1S/C37H42N4O13/c1-17-32(46)20(38)13-27(53-17)54-22-15-37(51,23(16-42)39-40-24(43)9-4-3-5-12-41-25(44)10-11-26(41)45)14-19-29(22)36(50)31-30(34(19)48)33(47)18-7-6-8-21(52-2)28(18)35(31)49/h6-8,10-11,17,20,22,27,32,42,46,48,50-51H,3-5,9,12-16,38H2,1-2H3,(H,40,43)/b39-23+. The van der Waals surface area contributed by atoms with Crippen molar-refractivity contribution in [1.82, 2.24) is 10.3 Å². The molecule has 1 saturated heterocycles. The van der Waals surface area contributed by atoms with Crippen LogP contribution in [0, 0.1) is 0 Å². The topological polar surface area (TPSA) is 268 Å². The number of benzene rings is 2. The molecule has 0 saturated carbocycles. The van der Waals surface area contributed by atoms with Gasteiger partial charge < -0.3 is 45.5 Å². The third-order valence-electron chi connectivity index (χ3n) is 10.3. The number of rotatable bonds is 12. The third-order valence-corrected chi connectivity index (χ3v) is 10.3. The largest absolute Gasteiger partial charge is 0.507 e. The maximum Gasteiger partial charge on any atom is 0.253 e. The lowest BCUT2D eigenvalue weighted by Crippen LogP contribution is -2.53.